The zero-order valence-electron chi connectivity index (χ0n) is 11.9. The lowest BCUT2D eigenvalue weighted by Crippen LogP contribution is -2.40. The third kappa shape index (κ3) is 3.22. The number of benzene rings is 1. The van der Waals surface area contributed by atoms with Gasteiger partial charge in [0.25, 0.3) is 5.91 Å². The Bertz CT molecular complexity index is 643. The Morgan fingerprint density at radius 2 is 2.24 bits per heavy atom. The summed E-state index contributed by atoms with van der Waals surface area (Å²) in [7, 11) is 0. The second-order valence-corrected chi connectivity index (χ2v) is 5.07. The van der Waals surface area contributed by atoms with E-state index in [1.54, 1.807) is 31.2 Å². The maximum atomic E-state index is 12.4. The van der Waals surface area contributed by atoms with Gasteiger partial charge in [0.15, 0.2) is 5.60 Å². The van der Waals surface area contributed by atoms with Crippen molar-refractivity contribution in [2.45, 2.75) is 32.3 Å². The molecule has 2 rings (SSSR count). The molecular formula is C14H17ClN4O2. The number of H-pyrrole nitrogens is 1. The van der Waals surface area contributed by atoms with Crippen molar-refractivity contribution in [3.8, 4) is 0 Å². The first-order chi connectivity index (χ1) is 9.99. The molecule has 0 aliphatic heterocycles. The van der Waals surface area contributed by atoms with Crippen molar-refractivity contribution in [1.82, 2.24) is 15.2 Å². The molecule has 21 heavy (non-hydrogen) atoms. The molecule has 0 unspecified atom stereocenters. The Morgan fingerprint density at radius 1 is 1.48 bits per heavy atom. The van der Waals surface area contributed by atoms with Crippen LogP contribution in [-0.4, -0.2) is 26.2 Å². The van der Waals surface area contributed by atoms with Gasteiger partial charge in [0.2, 0.25) is 5.95 Å². The van der Waals surface area contributed by atoms with Gasteiger partial charge in [-0.15, -0.1) is 5.10 Å². The molecule has 0 spiro atoms. The molecule has 0 fully saturated rings. The number of aryl methyl sites for hydroxylation is 1. The van der Waals surface area contributed by atoms with Crippen LogP contribution < -0.4 is 5.32 Å². The van der Waals surface area contributed by atoms with Gasteiger partial charge in [0.1, 0.15) is 5.82 Å². The van der Waals surface area contributed by atoms with Gasteiger partial charge in [-0.2, -0.15) is 4.98 Å². The number of halogens is 1. The number of rotatable bonds is 5. The number of carbonyl (C=O) groups excluding carboxylic acids is 1. The molecule has 3 N–H and O–H groups in total. The lowest BCUT2D eigenvalue weighted by molar-refractivity contribution is -0.135. The van der Waals surface area contributed by atoms with E-state index in [4.69, 9.17) is 11.6 Å². The average Bonchev–Trinajstić information content (AvgIpc) is 2.94. The minimum Gasteiger partial charge on any atom is -0.375 e. The molecule has 1 amide bonds. The number of hydrogen-bond acceptors (Lipinski definition) is 4. The van der Waals surface area contributed by atoms with Crippen LogP contribution in [-0.2, 0) is 16.8 Å². The molecule has 0 bridgehead atoms. The second-order valence-electron chi connectivity index (χ2n) is 4.64. The molecular weight excluding hydrogens is 292 g/mol. The molecule has 0 saturated heterocycles. The number of aromatic nitrogens is 3. The van der Waals surface area contributed by atoms with Crippen LogP contribution in [0.1, 0.15) is 31.7 Å². The number of amides is 1. The minimum absolute atomic E-state index is 0.144. The van der Waals surface area contributed by atoms with Gasteiger partial charge in [-0.05, 0) is 24.1 Å². The summed E-state index contributed by atoms with van der Waals surface area (Å²) < 4.78 is 0. The van der Waals surface area contributed by atoms with Crippen molar-refractivity contribution < 1.29 is 9.90 Å². The highest BCUT2D eigenvalue weighted by Crippen LogP contribution is 2.28. The van der Waals surface area contributed by atoms with Gasteiger partial charge in [-0.25, -0.2) is 0 Å². The molecule has 112 valence electrons. The fourth-order valence-corrected chi connectivity index (χ4v) is 2.15. The lowest BCUT2D eigenvalue weighted by Gasteiger charge is -2.25. The number of anilines is 1. The summed E-state index contributed by atoms with van der Waals surface area (Å²) in [5, 5.41) is 20.2. The van der Waals surface area contributed by atoms with Gasteiger partial charge >= 0.3 is 0 Å². The molecule has 0 radical (unpaired) electrons. The third-order valence-corrected chi connectivity index (χ3v) is 3.52. The van der Waals surface area contributed by atoms with E-state index in [2.05, 4.69) is 20.5 Å². The zero-order chi connectivity index (χ0) is 15.5. The summed E-state index contributed by atoms with van der Waals surface area (Å²) in [5.41, 5.74) is -1.25. The van der Waals surface area contributed by atoms with Gasteiger partial charge in [0.05, 0.1) is 0 Å². The van der Waals surface area contributed by atoms with Crippen LogP contribution >= 0.6 is 11.6 Å². The van der Waals surface area contributed by atoms with Crippen molar-refractivity contribution in [1.29, 1.82) is 0 Å². The van der Waals surface area contributed by atoms with Crippen molar-refractivity contribution in [2.75, 3.05) is 5.32 Å². The summed E-state index contributed by atoms with van der Waals surface area (Å²) >= 11 is 5.92. The first-order valence-electron chi connectivity index (χ1n) is 6.70. The smallest absolute Gasteiger partial charge is 0.263 e. The summed E-state index contributed by atoms with van der Waals surface area (Å²) in [6.45, 7) is 3.64. The van der Waals surface area contributed by atoms with Crippen LogP contribution in [0.25, 0.3) is 0 Å². The standard InChI is InChI=1S/C14H17ClN4O2/c1-3-11-16-13(19-18-11)17-12(20)14(21,4-2)9-6-5-7-10(15)8-9/h5-8,21H,3-4H2,1-2H3,(H2,16,17,18,19,20)/t14-/m0/s1. The number of nitrogens with one attached hydrogen (secondary N) is 2. The van der Waals surface area contributed by atoms with Gasteiger partial charge < -0.3 is 5.11 Å². The molecule has 6 nitrogen and oxygen atoms in total. The Kier molecular flexibility index (Phi) is 4.59. The van der Waals surface area contributed by atoms with Gasteiger partial charge in [-0.1, -0.05) is 37.6 Å². The maximum absolute atomic E-state index is 12.4. The number of carbonyl (C=O) groups is 1. The monoisotopic (exact) mass is 308 g/mol. The Labute approximate surface area is 127 Å². The van der Waals surface area contributed by atoms with Crippen molar-refractivity contribution >= 4 is 23.5 Å². The molecule has 1 aromatic heterocycles. The summed E-state index contributed by atoms with van der Waals surface area (Å²) in [6.07, 6.45) is 0.874. The number of aromatic amines is 1. The van der Waals surface area contributed by atoms with Crippen LogP contribution in [0, 0.1) is 0 Å². The molecule has 1 aromatic carbocycles. The maximum Gasteiger partial charge on any atom is 0.263 e. The molecule has 0 aliphatic rings. The number of nitrogens with zero attached hydrogens (tertiary/aromatic N) is 2. The lowest BCUT2D eigenvalue weighted by atomic mass is 9.90. The molecule has 0 aliphatic carbocycles. The van der Waals surface area contributed by atoms with Gasteiger partial charge in [-0.3, -0.25) is 15.2 Å². The number of aliphatic hydroxyl groups is 1. The predicted molar refractivity (Wildman–Crippen MR) is 80.0 cm³/mol. The van der Waals surface area contributed by atoms with E-state index in [0.717, 1.165) is 0 Å². The molecule has 7 heteroatoms. The third-order valence-electron chi connectivity index (χ3n) is 3.28. The van der Waals surface area contributed by atoms with E-state index in [1.807, 2.05) is 6.92 Å². The van der Waals surface area contributed by atoms with Crippen molar-refractivity contribution in [2.24, 2.45) is 0 Å². The largest absolute Gasteiger partial charge is 0.375 e. The predicted octanol–water partition coefficient (Wildman–Crippen LogP) is 2.26. The molecule has 1 heterocycles. The van der Waals surface area contributed by atoms with E-state index in [1.165, 1.54) is 0 Å². The SMILES string of the molecule is CCc1nc(NC(=O)[C@](O)(CC)c2cccc(Cl)c2)n[nH]1. The Morgan fingerprint density at radius 3 is 2.81 bits per heavy atom. The first-order valence-corrected chi connectivity index (χ1v) is 7.08. The van der Waals surface area contributed by atoms with Crippen molar-refractivity contribution in [3.63, 3.8) is 0 Å². The first kappa shape index (κ1) is 15.5. The second kappa shape index (κ2) is 6.24. The van der Waals surface area contributed by atoms with Crippen LogP contribution in [0.4, 0.5) is 5.95 Å². The highest BCUT2D eigenvalue weighted by atomic mass is 35.5. The normalized spacial score (nSPS) is 13.7. The quantitative estimate of drug-likeness (QED) is 0.790. The van der Waals surface area contributed by atoms with E-state index in [9.17, 15) is 9.90 Å². The topological polar surface area (TPSA) is 90.9 Å². The molecule has 1 atom stereocenters. The van der Waals surface area contributed by atoms with Crippen LogP contribution in [0.2, 0.25) is 5.02 Å². The van der Waals surface area contributed by atoms with Gasteiger partial charge in [0, 0.05) is 11.4 Å². The zero-order valence-corrected chi connectivity index (χ0v) is 12.6. The highest BCUT2D eigenvalue weighted by Gasteiger charge is 2.36. The summed E-state index contributed by atoms with van der Waals surface area (Å²) in [4.78, 5) is 16.5. The van der Waals surface area contributed by atoms with E-state index in [-0.39, 0.29) is 12.4 Å². The van der Waals surface area contributed by atoms with Crippen molar-refractivity contribution in [3.05, 3.63) is 40.7 Å². The van der Waals surface area contributed by atoms with E-state index >= 15 is 0 Å². The Balaban J connectivity index is 2.25. The van der Waals surface area contributed by atoms with E-state index in [0.29, 0.717) is 22.8 Å². The fraction of sp³-hybridized carbons (Fsp3) is 0.357. The fourth-order valence-electron chi connectivity index (χ4n) is 1.96. The van der Waals surface area contributed by atoms with E-state index < -0.39 is 11.5 Å². The molecule has 0 saturated carbocycles. The van der Waals surface area contributed by atoms with Crippen LogP contribution in [0.5, 0.6) is 0 Å². The highest BCUT2D eigenvalue weighted by molar-refractivity contribution is 6.30. The summed E-state index contributed by atoms with van der Waals surface area (Å²) in [6, 6.07) is 6.60. The summed E-state index contributed by atoms with van der Waals surface area (Å²) in [5.74, 6) is 0.216. The number of hydrogen-bond donors (Lipinski definition) is 3. The average molecular weight is 309 g/mol. The minimum atomic E-state index is -1.68. The molecule has 2 aromatic rings. The van der Waals surface area contributed by atoms with Crippen LogP contribution in [0.15, 0.2) is 24.3 Å². The Hall–Kier alpha value is -1.92. The van der Waals surface area contributed by atoms with Crippen LogP contribution in [0.3, 0.4) is 0 Å².